The Kier molecular flexibility index (Phi) is 2.91. The number of nitrogens with two attached hydrogens (primary N) is 1. The van der Waals surface area contributed by atoms with Crippen LogP contribution in [0.1, 0.15) is 5.82 Å². The van der Waals surface area contributed by atoms with E-state index >= 15 is 0 Å². The monoisotopic (exact) mass is 350 g/mol. The standard InChI is InChI=1S/C13H12BrFN6/c14-9-1-8-11(2-10(9)15)19-12(5-20-3-7(16)4-20)21-13(8)17-6-18-21/h1-2,6-7H,3-5,16H2. The molecule has 0 bridgehead atoms. The highest BCUT2D eigenvalue weighted by Gasteiger charge is 2.24. The zero-order valence-electron chi connectivity index (χ0n) is 11.0. The van der Waals surface area contributed by atoms with Crippen LogP contribution in [0.15, 0.2) is 22.9 Å². The lowest BCUT2D eigenvalue weighted by molar-refractivity contribution is 0.137. The minimum Gasteiger partial charge on any atom is -0.325 e. The summed E-state index contributed by atoms with van der Waals surface area (Å²) in [6, 6.07) is 3.33. The summed E-state index contributed by atoms with van der Waals surface area (Å²) < 4.78 is 15.8. The minimum absolute atomic E-state index is 0.227. The van der Waals surface area contributed by atoms with Crippen molar-refractivity contribution in [1.82, 2.24) is 24.5 Å². The summed E-state index contributed by atoms with van der Waals surface area (Å²) in [7, 11) is 0. The molecule has 0 atom stereocenters. The molecule has 6 nitrogen and oxygen atoms in total. The van der Waals surface area contributed by atoms with Gasteiger partial charge in [0.25, 0.3) is 0 Å². The molecule has 2 aromatic heterocycles. The largest absolute Gasteiger partial charge is 0.325 e. The number of rotatable bonds is 2. The summed E-state index contributed by atoms with van der Waals surface area (Å²) in [5.41, 5.74) is 7.05. The zero-order valence-corrected chi connectivity index (χ0v) is 12.6. The van der Waals surface area contributed by atoms with Gasteiger partial charge in [-0.1, -0.05) is 0 Å². The smallest absolute Gasteiger partial charge is 0.166 e. The van der Waals surface area contributed by atoms with E-state index in [1.807, 2.05) is 0 Å². The average Bonchev–Trinajstić information content (AvgIpc) is 2.89. The number of benzene rings is 1. The van der Waals surface area contributed by atoms with Gasteiger partial charge in [-0.25, -0.2) is 14.4 Å². The second-order valence-corrected chi connectivity index (χ2v) is 6.12. The van der Waals surface area contributed by atoms with Gasteiger partial charge in [-0.15, -0.1) is 0 Å². The molecule has 108 valence electrons. The van der Waals surface area contributed by atoms with Gasteiger partial charge in [0, 0.05) is 30.6 Å². The van der Waals surface area contributed by atoms with Gasteiger partial charge in [0.15, 0.2) is 5.65 Å². The van der Waals surface area contributed by atoms with Gasteiger partial charge in [0.1, 0.15) is 18.0 Å². The fourth-order valence-electron chi connectivity index (χ4n) is 2.65. The number of halogens is 2. The fourth-order valence-corrected chi connectivity index (χ4v) is 2.99. The minimum atomic E-state index is -0.337. The van der Waals surface area contributed by atoms with E-state index in [0.29, 0.717) is 22.2 Å². The first-order chi connectivity index (χ1) is 10.1. The summed E-state index contributed by atoms with van der Waals surface area (Å²) in [5, 5.41) is 5.00. The molecule has 0 amide bonds. The zero-order chi connectivity index (χ0) is 14.6. The Morgan fingerprint density at radius 1 is 1.38 bits per heavy atom. The Balaban J connectivity index is 1.88. The molecule has 1 fully saturated rings. The molecule has 2 N–H and O–H groups in total. The molecule has 0 radical (unpaired) electrons. The van der Waals surface area contributed by atoms with E-state index in [0.717, 1.165) is 24.3 Å². The van der Waals surface area contributed by atoms with Crippen molar-refractivity contribution < 1.29 is 4.39 Å². The van der Waals surface area contributed by atoms with Gasteiger partial charge >= 0.3 is 0 Å². The number of nitrogens with zero attached hydrogens (tertiary/aromatic N) is 5. The van der Waals surface area contributed by atoms with Gasteiger partial charge in [-0.3, -0.25) is 4.90 Å². The molecule has 0 aliphatic carbocycles. The quantitative estimate of drug-likeness (QED) is 0.754. The lowest BCUT2D eigenvalue weighted by atomic mass is 10.1. The second kappa shape index (κ2) is 4.69. The third-order valence-electron chi connectivity index (χ3n) is 3.67. The molecule has 8 heteroatoms. The Morgan fingerprint density at radius 3 is 2.95 bits per heavy atom. The van der Waals surface area contributed by atoms with Crippen molar-refractivity contribution >= 4 is 32.5 Å². The van der Waals surface area contributed by atoms with E-state index in [9.17, 15) is 4.39 Å². The molecule has 0 unspecified atom stereocenters. The number of likely N-dealkylation sites (tertiary alicyclic amines) is 1. The summed E-state index contributed by atoms with van der Waals surface area (Å²) >= 11 is 3.19. The second-order valence-electron chi connectivity index (χ2n) is 5.26. The van der Waals surface area contributed by atoms with E-state index in [4.69, 9.17) is 5.73 Å². The molecule has 3 aromatic rings. The maximum absolute atomic E-state index is 13.7. The van der Waals surface area contributed by atoms with E-state index in [2.05, 4.69) is 35.9 Å². The maximum Gasteiger partial charge on any atom is 0.166 e. The maximum atomic E-state index is 13.7. The third-order valence-corrected chi connectivity index (χ3v) is 4.28. The van der Waals surface area contributed by atoms with Crippen LogP contribution in [0.5, 0.6) is 0 Å². The van der Waals surface area contributed by atoms with E-state index in [1.54, 1.807) is 10.6 Å². The molecular formula is C13H12BrFN6. The Bertz CT molecular complexity index is 841. The predicted molar refractivity (Wildman–Crippen MR) is 79.2 cm³/mol. The average molecular weight is 351 g/mol. The van der Waals surface area contributed by atoms with Crippen LogP contribution in [0.3, 0.4) is 0 Å². The summed E-state index contributed by atoms with van der Waals surface area (Å²) in [6.45, 7) is 2.30. The molecule has 4 rings (SSSR count). The first kappa shape index (κ1) is 13.1. The first-order valence-corrected chi connectivity index (χ1v) is 7.36. The fraction of sp³-hybridized carbons (Fsp3) is 0.308. The van der Waals surface area contributed by atoms with Crippen molar-refractivity contribution in [2.45, 2.75) is 12.6 Å². The molecule has 3 heterocycles. The van der Waals surface area contributed by atoms with Crippen LogP contribution in [-0.4, -0.2) is 43.6 Å². The predicted octanol–water partition coefficient (Wildman–Crippen LogP) is 1.32. The van der Waals surface area contributed by atoms with Crippen molar-refractivity contribution in [2.75, 3.05) is 13.1 Å². The molecule has 0 spiro atoms. The highest BCUT2D eigenvalue weighted by atomic mass is 79.9. The van der Waals surface area contributed by atoms with Crippen molar-refractivity contribution in [3.8, 4) is 0 Å². The van der Waals surface area contributed by atoms with E-state index in [-0.39, 0.29) is 11.9 Å². The van der Waals surface area contributed by atoms with Gasteiger partial charge < -0.3 is 5.73 Å². The lowest BCUT2D eigenvalue weighted by Crippen LogP contribution is -2.55. The summed E-state index contributed by atoms with van der Waals surface area (Å²) in [4.78, 5) is 11.0. The van der Waals surface area contributed by atoms with Gasteiger partial charge in [0.2, 0.25) is 0 Å². The topological polar surface area (TPSA) is 72.3 Å². The SMILES string of the molecule is NC1CN(Cc2nc3cc(F)c(Br)cc3c3ncnn23)C1. The normalized spacial score (nSPS) is 16.7. The molecule has 21 heavy (non-hydrogen) atoms. The van der Waals surface area contributed by atoms with E-state index < -0.39 is 0 Å². The van der Waals surface area contributed by atoms with Gasteiger partial charge in [0.05, 0.1) is 16.5 Å². The van der Waals surface area contributed by atoms with Gasteiger partial charge in [-0.05, 0) is 22.0 Å². The number of hydrogen-bond acceptors (Lipinski definition) is 5. The van der Waals surface area contributed by atoms with Crippen LogP contribution in [0.25, 0.3) is 16.6 Å². The molecule has 0 saturated carbocycles. The third kappa shape index (κ3) is 2.10. The highest BCUT2D eigenvalue weighted by Crippen LogP contribution is 2.25. The van der Waals surface area contributed by atoms with Crippen LogP contribution in [0.4, 0.5) is 4.39 Å². The van der Waals surface area contributed by atoms with Crippen molar-refractivity contribution in [1.29, 1.82) is 0 Å². The van der Waals surface area contributed by atoms with Crippen molar-refractivity contribution in [3.05, 3.63) is 34.6 Å². The molecular weight excluding hydrogens is 339 g/mol. The number of hydrogen-bond donors (Lipinski definition) is 1. The number of aromatic nitrogens is 4. The van der Waals surface area contributed by atoms with Crippen LogP contribution in [0, 0.1) is 5.82 Å². The Morgan fingerprint density at radius 2 is 2.19 bits per heavy atom. The van der Waals surface area contributed by atoms with Gasteiger partial charge in [-0.2, -0.15) is 9.61 Å². The Labute approximate surface area is 127 Å². The first-order valence-electron chi connectivity index (χ1n) is 6.57. The van der Waals surface area contributed by atoms with Crippen LogP contribution in [0.2, 0.25) is 0 Å². The van der Waals surface area contributed by atoms with E-state index in [1.165, 1.54) is 12.4 Å². The molecule has 1 aliphatic heterocycles. The molecule has 1 aliphatic rings. The molecule has 1 saturated heterocycles. The summed E-state index contributed by atoms with van der Waals surface area (Å²) in [6.07, 6.45) is 1.49. The van der Waals surface area contributed by atoms with Crippen LogP contribution >= 0.6 is 15.9 Å². The van der Waals surface area contributed by atoms with Crippen molar-refractivity contribution in [2.24, 2.45) is 5.73 Å². The van der Waals surface area contributed by atoms with Crippen LogP contribution in [-0.2, 0) is 6.54 Å². The highest BCUT2D eigenvalue weighted by molar-refractivity contribution is 9.10. The molecule has 1 aromatic carbocycles. The Hall–Kier alpha value is -1.64. The van der Waals surface area contributed by atoms with Crippen molar-refractivity contribution in [3.63, 3.8) is 0 Å². The van der Waals surface area contributed by atoms with Crippen LogP contribution < -0.4 is 5.73 Å². The number of fused-ring (bicyclic) bond motifs is 3. The summed E-state index contributed by atoms with van der Waals surface area (Å²) in [5.74, 6) is 0.402. The lowest BCUT2D eigenvalue weighted by Gasteiger charge is -2.36.